The molecule has 0 aliphatic rings. The number of carbonyl (C=O) groups excluding carboxylic acids is 1. The van der Waals surface area contributed by atoms with Crippen molar-refractivity contribution in [2.24, 2.45) is 0 Å². The lowest BCUT2D eigenvalue weighted by Crippen LogP contribution is -2.07. The Bertz CT molecular complexity index is 684. The van der Waals surface area contributed by atoms with Gasteiger partial charge < -0.3 is 10.1 Å². The molecule has 1 aromatic heterocycles. The van der Waals surface area contributed by atoms with Crippen molar-refractivity contribution < 1.29 is 9.53 Å². The summed E-state index contributed by atoms with van der Waals surface area (Å²) in [5.74, 6) is 0.282. The zero-order valence-corrected chi connectivity index (χ0v) is 12.6. The second kappa shape index (κ2) is 8.00. The Morgan fingerprint density at radius 1 is 1.36 bits per heavy atom. The summed E-state index contributed by atoms with van der Waals surface area (Å²) in [6.07, 6.45) is 6.17. The van der Waals surface area contributed by atoms with E-state index in [1.807, 2.05) is 18.2 Å². The summed E-state index contributed by atoms with van der Waals surface area (Å²) in [6.45, 7) is 3.83. The van der Waals surface area contributed by atoms with E-state index in [0.29, 0.717) is 23.1 Å². The molecule has 1 heterocycles. The highest BCUT2D eigenvalue weighted by Crippen LogP contribution is 2.28. The van der Waals surface area contributed by atoms with Gasteiger partial charge in [-0.05, 0) is 30.3 Å². The maximum Gasteiger partial charge on any atom is 0.248 e. The summed E-state index contributed by atoms with van der Waals surface area (Å²) in [6, 6.07) is 10.7. The monoisotopic (exact) mass is 314 g/mol. The van der Waals surface area contributed by atoms with Crippen molar-refractivity contribution in [2.75, 3.05) is 5.32 Å². The van der Waals surface area contributed by atoms with Crippen LogP contribution in [-0.4, -0.2) is 10.9 Å². The third-order valence-electron chi connectivity index (χ3n) is 2.68. The summed E-state index contributed by atoms with van der Waals surface area (Å²) in [7, 11) is 0. The van der Waals surface area contributed by atoms with Crippen LogP contribution in [-0.2, 0) is 11.4 Å². The van der Waals surface area contributed by atoms with Gasteiger partial charge in [-0.3, -0.25) is 9.78 Å². The van der Waals surface area contributed by atoms with Crippen LogP contribution in [0.1, 0.15) is 5.69 Å². The fourth-order valence-corrected chi connectivity index (χ4v) is 1.91. The van der Waals surface area contributed by atoms with Crippen LogP contribution in [0, 0.1) is 0 Å². The predicted octanol–water partition coefficient (Wildman–Crippen LogP) is 3.99. The van der Waals surface area contributed by atoms with Crippen LogP contribution in [0.2, 0.25) is 5.02 Å². The zero-order chi connectivity index (χ0) is 15.8. The Kier molecular flexibility index (Phi) is 5.74. The number of halogens is 1. The van der Waals surface area contributed by atoms with Crippen molar-refractivity contribution in [1.29, 1.82) is 0 Å². The number of hydrogen-bond acceptors (Lipinski definition) is 3. The Morgan fingerprint density at radius 2 is 2.23 bits per heavy atom. The molecule has 1 N–H and O–H groups in total. The van der Waals surface area contributed by atoms with Gasteiger partial charge in [0.15, 0.2) is 0 Å². The van der Waals surface area contributed by atoms with Crippen LogP contribution < -0.4 is 10.1 Å². The SMILES string of the molecule is C=CC=CC(=O)Nc1ccc(OCc2ccccn2)c(Cl)c1. The summed E-state index contributed by atoms with van der Waals surface area (Å²) < 4.78 is 5.61. The van der Waals surface area contributed by atoms with E-state index in [9.17, 15) is 4.79 Å². The van der Waals surface area contributed by atoms with Crippen LogP contribution in [0.5, 0.6) is 5.75 Å². The van der Waals surface area contributed by atoms with Crippen LogP contribution in [0.25, 0.3) is 0 Å². The van der Waals surface area contributed by atoms with Crippen molar-refractivity contribution in [3.8, 4) is 5.75 Å². The van der Waals surface area contributed by atoms with Crippen LogP contribution in [0.3, 0.4) is 0 Å². The van der Waals surface area contributed by atoms with Gasteiger partial charge in [-0.25, -0.2) is 0 Å². The van der Waals surface area contributed by atoms with Gasteiger partial charge in [0, 0.05) is 18.0 Å². The van der Waals surface area contributed by atoms with E-state index < -0.39 is 0 Å². The minimum Gasteiger partial charge on any atom is -0.486 e. The Morgan fingerprint density at radius 3 is 2.91 bits per heavy atom. The third-order valence-corrected chi connectivity index (χ3v) is 2.98. The summed E-state index contributed by atoms with van der Waals surface area (Å²) in [4.78, 5) is 15.7. The second-order valence-corrected chi connectivity index (χ2v) is 4.75. The molecule has 0 fully saturated rings. The highest BCUT2D eigenvalue weighted by molar-refractivity contribution is 6.32. The molecule has 0 aliphatic carbocycles. The predicted molar refractivity (Wildman–Crippen MR) is 88.0 cm³/mol. The topological polar surface area (TPSA) is 51.2 Å². The van der Waals surface area contributed by atoms with E-state index in [1.54, 1.807) is 30.5 Å². The average molecular weight is 315 g/mol. The number of allylic oxidation sites excluding steroid dienone is 2. The number of amides is 1. The molecule has 0 radical (unpaired) electrons. The minimum absolute atomic E-state index is 0.252. The molecule has 2 rings (SSSR count). The van der Waals surface area contributed by atoms with Crippen LogP contribution in [0.4, 0.5) is 5.69 Å². The van der Waals surface area contributed by atoms with E-state index >= 15 is 0 Å². The minimum atomic E-state index is -0.252. The Hall–Kier alpha value is -2.59. The maximum absolute atomic E-state index is 11.6. The molecule has 22 heavy (non-hydrogen) atoms. The first kappa shape index (κ1) is 15.8. The quantitative estimate of drug-likeness (QED) is 0.648. The highest BCUT2D eigenvalue weighted by atomic mass is 35.5. The molecular weight excluding hydrogens is 300 g/mol. The number of pyridine rings is 1. The molecule has 0 unspecified atom stereocenters. The summed E-state index contributed by atoms with van der Waals surface area (Å²) in [5, 5.41) is 3.11. The number of anilines is 1. The molecule has 0 saturated carbocycles. The van der Waals surface area contributed by atoms with Crippen molar-refractivity contribution in [2.45, 2.75) is 6.61 Å². The lowest BCUT2D eigenvalue weighted by atomic mass is 10.3. The molecule has 1 aromatic carbocycles. The first-order valence-corrected chi connectivity index (χ1v) is 6.99. The normalized spacial score (nSPS) is 10.4. The standard InChI is InChI=1S/C17H15ClN2O2/c1-2-3-7-17(21)20-13-8-9-16(15(18)11-13)22-12-14-6-4-5-10-19-14/h2-11H,1,12H2,(H,20,21). The molecule has 5 heteroatoms. The Balaban J connectivity index is 1.99. The van der Waals surface area contributed by atoms with Crippen LogP contribution in [0.15, 0.2) is 67.4 Å². The van der Waals surface area contributed by atoms with E-state index in [4.69, 9.17) is 16.3 Å². The maximum atomic E-state index is 11.6. The largest absolute Gasteiger partial charge is 0.486 e. The van der Waals surface area contributed by atoms with Gasteiger partial charge in [0.1, 0.15) is 12.4 Å². The number of hydrogen-bond donors (Lipinski definition) is 1. The molecule has 0 spiro atoms. The number of nitrogens with zero attached hydrogens (tertiary/aromatic N) is 1. The van der Waals surface area contributed by atoms with Crippen LogP contribution >= 0.6 is 11.6 Å². The molecule has 4 nitrogen and oxygen atoms in total. The zero-order valence-electron chi connectivity index (χ0n) is 11.8. The van der Waals surface area contributed by atoms with E-state index in [1.165, 1.54) is 12.2 Å². The van der Waals surface area contributed by atoms with Gasteiger partial charge in [-0.15, -0.1) is 0 Å². The van der Waals surface area contributed by atoms with Gasteiger partial charge in [0.2, 0.25) is 5.91 Å². The summed E-state index contributed by atoms with van der Waals surface area (Å²) >= 11 is 6.15. The smallest absolute Gasteiger partial charge is 0.248 e. The van der Waals surface area contributed by atoms with Crippen molar-refractivity contribution in [3.05, 3.63) is 78.1 Å². The molecule has 1 amide bonds. The number of benzene rings is 1. The fraction of sp³-hybridized carbons (Fsp3) is 0.0588. The molecule has 0 atom stereocenters. The second-order valence-electron chi connectivity index (χ2n) is 4.34. The fourth-order valence-electron chi connectivity index (χ4n) is 1.67. The van der Waals surface area contributed by atoms with Crippen molar-refractivity contribution in [3.63, 3.8) is 0 Å². The molecule has 2 aromatic rings. The third kappa shape index (κ3) is 4.75. The van der Waals surface area contributed by atoms with Crippen molar-refractivity contribution in [1.82, 2.24) is 4.98 Å². The number of ether oxygens (including phenoxy) is 1. The van der Waals surface area contributed by atoms with E-state index in [-0.39, 0.29) is 5.91 Å². The average Bonchev–Trinajstić information content (AvgIpc) is 2.53. The molecule has 0 aliphatic heterocycles. The van der Waals surface area contributed by atoms with Gasteiger partial charge in [0.05, 0.1) is 10.7 Å². The van der Waals surface area contributed by atoms with E-state index in [0.717, 1.165) is 5.69 Å². The molecule has 112 valence electrons. The lowest BCUT2D eigenvalue weighted by molar-refractivity contribution is -0.111. The highest BCUT2D eigenvalue weighted by Gasteiger charge is 2.05. The molecule has 0 bridgehead atoms. The number of nitrogens with one attached hydrogen (secondary N) is 1. The van der Waals surface area contributed by atoms with Crippen molar-refractivity contribution >= 4 is 23.2 Å². The number of rotatable bonds is 6. The van der Waals surface area contributed by atoms with E-state index in [2.05, 4.69) is 16.9 Å². The first-order valence-electron chi connectivity index (χ1n) is 6.61. The molecular formula is C17H15ClN2O2. The van der Waals surface area contributed by atoms with Gasteiger partial charge in [0.25, 0.3) is 0 Å². The number of aromatic nitrogens is 1. The van der Waals surface area contributed by atoms with Gasteiger partial charge in [-0.1, -0.05) is 36.4 Å². The molecule has 0 saturated heterocycles. The first-order chi connectivity index (χ1) is 10.7. The van der Waals surface area contributed by atoms with Gasteiger partial charge in [-0.2, -0.15) is 0 Å². The Labute approximate surface area is 134 Å². The van der Waals surface area contributed by atoms with Gasteiger partial charge >= 0.3 is 0 Å². The summed E-state index contributed by atoms with van der Waals surface area (Å²) in [5.41, 5.74) is 1.40. The number of carbonyl (C=O) groups is 1. The lowest BCUT2D eigenvalue weighted by Gasteiger charge is -2.09.